The van der Waals surface area contributed by atoms with E-state index in [9.17, 15) is 14.9 Å². The summed E-state index contributed by atoms with van der Waals surface area (Å²) < 4.78 is 9.66. The van der Waals surface area contributed by atoms with Gasteiger partial charge in [0.2, 0.25) is 5.82 Å². The first-order valence-corrected chi connectivity index (χ1v) is 6.84. The van der Waals surface area contributed by atoms with Gasteiger partial charge in [-0.15, -0.1) is 0 Å². The molecule has 0 aromatic carbocycles. The Bertz CT molecular complexity index is 726. The van der Waals surface area contributed by atoms with E-state index in [1.165, 1.54) is 13.3 Å². The second-order valence-corrected chi connectivity index (χ2v) is 5.07. The molecule has 9 heteroatoms. The van der Waals surface area contributed by atoms with Gasteiger partial charge in [0.15, 0.2) is 5.76 Å². The van der Waals surface area contributed by atoms with Crippen LogP contribution >= 0.6 is 0 Å². The number of nitrogens with one attached hydrogen (secondary N) is 1. The Hall–Kier alpha value is -2.97. The first-order valence-electron chi connectivity index (χ1n) is 6.84. The van der Waals surface area contributed by atoms with Gasteiger partial charge in [-0.1, -0.05) is 19.0 Å². The molecule has 0 saturated carbocycles. The molecule has 122 valence electrons. The Morgan fingerprint density at radius 1 is 1.48 bits per heavy atom. The van der Waals surface area contributed by atoms with E-state index in [-0.39, 0.29) is 29.5 Å². The summed E-state index contributed by atoms with van der Waals surface area (Å²) in [4.78, 5) is 25.8. The summed E-state index contributed by atoms with van der Waals surface area (Å²) in [7, 11) is 1.19. The highest BCUT2D eigenvalue weighted by atomic mass is 16.6. The van der Waals surface area contributed by atoms with E-state index in [1.54, 1.807) is 6.07 Å². The zero-order valence-electron chi connectivity index (χ0n) is 12.9. The highest BCUT2D eigenvalue weighted by molar-refractivity contribution is 5.90. The van der Waals surface area contributed by atoms with Crippen LogP contribution in [0.4, 0.5) is 11.5 Å². The van der Waals surface area contributed by atoms with Crippen LogP contribution in [0.15, 0.2) is 22.9 Å². The Labute approximate surface area is 131 Å². The third kappa shape index (κ3) is 3.82. The van der Waals surface area contributed by atoms with Crippen LogP contribution in [0.2, 0.25) is 0 Å². The van der Waals surface area contributed by atoms with Crippen LogP contribution in [0, 0.1) is 10.1 Å². The van der Waals surface area contributed by atoms with Crippen LogP contribution in [-0.2, 0) is 11.3 Å². The fourth-order valence-corrected chi connectivity index (χ4v) is 1.81. The van der Waals surface area contributed by atoms with Crippen molar-refractivity contribution in [1.29, 1.82) is 0 Å². The number of esters is 1. The highest BCUT2D eigenvalue weighted by Crippen LogP contribution is 2.24. The van der Waals surface area contributed by atoms with Crippen molar-refractivity contribution in [2.75, 3.05) is 12.4 Å². The fourth-order valence-electron chi connectivity index (χ4n) is 1.81. The SMILES string of the molecule is COC(=O)c1cnc(NCc2cc(C(C)C)no2)c([N+](=O)[O-])c1. The lowest BCUT2D eigenvalue weighted by Crippen LogP contribution is -2.08. The number of nitro groups is 1. The summed E-state index contributed by atoms with van der Waals surface area (Å²) in [6.45, 7) is 4.14. The molecule has 2 heterocycles. The molecule has 0 aliphatic carbocycles. The van der Waals surface area contributed by atoms with Crippen molar-refractivity contribution in [2.24, 2.45) is 0 Å². The van der Waals surface area contributed by atoms with E-state index in [0.717, 1.165) is 11.8 Å². The topological polar surface area (TPSA) is 120 Å². The number of hydrogen-bond acceptors (Lipinski definition) is 8. The van der Waals surface area contributed by atoms with Crippen LogP contribution in [0.5, 0.6) is 0 Å². The molecule has 9 nitrogen and oxygen atoms in total. The van der Waals surface area contributed by atoms with E-state index in [2.05, 4.69) is 20.2 Å². The van der Waals surface area contributed by atoms with Crippen molar-refractivity contribution in [1.82, 2.24) is 10.1 Å². The number of pyridine rings is 1. The van der Waals surface area contributed by atoms with Crippen LogP contribution in [0.3, 0.4) is 0 Å². The molecule has 0 spiro atoms. The van der Waals surface area contributed by atoms with Crippen LogP contribution in [0.1, 0.15) is 41.6 Å². The average molecular weight is 320 g/mol. The van der Waals surface area contributed by atoms with Crippen LogP contribution in [0.25, 0.3) is 0 Å². The minimum absolute atomic E-state index is 0.00603. The van der Waals surface area contributed by atoms with Gasteiger partial charge < -0.3 is 14.6 Å². The number of ether oxygens (including phenoxy) is 1. The Balaban J connectivity index is 2.18. The van der Waals surface area contributed by atoms with Gasteiger partial charge in [-0.05, 0) is 5.92 Å². The normalized spacial score (nSPS) is 10.6. The molecule has 0 fully saturated rings. The minimum atomic E-state index is -0.691. The van der Waals surface area contributed by atoms with Crippen molar-refractivity contribution in [2.45, 2.75) is 26.3 Å². The van der Waals surface area contributed by atoms with E-state index in [4.69, 9.17) is 4.52 Å². The van der Waals surface area contributed by atoms with Crippen molar-refractivity contribution in [3.05, 3.63) is 45.5 Å². The molecule has 0 saturated heterocycles. The minimum Gasteiger partial charge on any atom is -0.465 e. The molecule has 0 amide bonds. The van der Waals surface area contributed by atoms with Crippen molar-refractivity contribution in [3.8, 4) is 0 Å². The molecule has 2 aromatic heterocycles. The number of aromatic nitrogens is 2. The third-order valence-electron chi connectivity index (χ3n) is 3.08. The summed E-state index contributed by atoms with van der Waals surface area (Å²) in [6.07, 6.45) is 1.21. The van der Waals surface area contributed by atoms with E-state index >= 15 is 0 Å². The van der Waals surface area contributed by atoms with E-state index < -0.39 is 10.9 Å². The van der Waals surface area contributed by atoms with Gasteiger partial charge in [0, 0.05) is 18.3 Å². The number of nitrogens with zero attached hydrogens (tertiary/aromatic N) is 3. The Morgan fingerprint density at radius 2 is 2.22 bits per heavy atom. The lowest BCUT2D eigenvalue weighted by molar-refractivity contribution is -0.384. The maximum atomic E-state index is 11.4. The summed E-state index contributed by atoms with van der Waals surface area (Å²) in [5.41, 5.74) is 0.480. The van der Waals surface area contributed by atoms with Crippen LogP contribution < -0.4 is 5.32 Å². The number of rotatable bonds is 6. The van der Waals surface area contributed by atoms with Crippen molar-refractivity contribution >= 4 is 17.5 Å². The predicted molar refractivity (Wildman–Crippen MR) is 80.1 cm³/mol. The second-order valence-electron chi connectivity index (χ2n) is 5.07. The number of carbonyl (C=O) groups excluding carboxylic acids is 1. The van der Waals surface area contributed by atoms with Crippen LogP contribution in [-0.4, -0.2) is 28.1 Å². The van der Waals surface area contributed by atoms with Gasteiger partial charge >= 0.3 is 11.7 Å². The van der Waals surface area contributed by atoms with E-state index in [1.807, 2.05) is 13.8 Å². The molecular formula is C14H16N4O5. The number of methoxy groups -OCH3 is 1. The Morgan fingerprint density at radius 3 is 2.78 bits per heavy atom. The molecule has 0 atom stereocenters. The standard InChI is InChI=1S/C14H16N4O5/c1-8(2)11-5-10(23-17-11)7-16-13-12(18(20)21)4-9(6-15-13)14(19)22-3/h4-6,8H,7H2,1-3H3,(H,15,16). The molecule has 0 radical (unpaired) electrons. The zero-order chi connectivity index (χ0) is 17.0. The van der Waals surface area contributed by atoms with Gasteiger partial charge in [-0.3, -0.25) is 10.1 Å². The zero-order valence-corrected chi connectivity index (χ0v) is 12.9. The predicted octanol–water partition coefficient (Wildman–Crippen LogP) is 2.50. The second kappa shape index (κ2) is 6.86. The Kier molecular flexibility index (Phi) is 4.89. The molecule has 1 N–H and O–H groups in total. The summed E-state index contributed by atoms with van der Waals surface area (Å²) >= 11 is 0. The molecule has 2 rings (SSSR count). The monoisotopic (exact) mass is 320 g/mol. The molecular weight excluding hydrogens is 304 g/mol. The third-order valence-corrected chi connectivity index (χ3v) is 3.08. The maximum Gasteiger partial charge on any atom is 0.339 e. The molecule has 0 aliphatic rings. The van der Waals surface area contributed by atoms with Gasteiger partial charge in [0.25, 0.3) is 0 Å². The summed E-state index contributed by atoms with van der Waals surface area (Å²) in [6, 6.07) is 2.88. The quantitative estimate of drug-likeness (QED) is 0.489. The number of hydrogen-bond donors (Lipinski definition) is 1. The van der Waals surface area contributed by atoms with Gasteiger partial charge in [-0.2, -0.15) is 0 Å². The molecule has 0 bridgehead atoms. The smallest absolute Gasteiger partial charge is 0.339 e. The molecule has 0 aliphatic heterocycles. The summed E-state index contributed by atoms with van der Waals surface area (Å²) in [5, 5.41) is 17.8. The first-order chi connectivity index (χ1) is 10.9. The van der Waals surface area contributed by atoms with Gasteiger partial charge in [0.1, 0.15) is 0 Å². The highest BCUT2D eigenvalue weighted by Gasteiger charge is 2.20. The van der Waals surface area contributed by atoms with Crippen molar-refractivity contribution in [3.63, 3.8) is 0 Å². The lowest BCUT2D eigenvalue weighted by atomic mass is 10.1. The van der Waals surface area contributed by atoms with Gasteiger partial charge in [0.05, 0.1) is 29.8 Å². The first kappa shape index (κ1) is 16.4. The fraction of sp³-hybridized carbons (Fsp3) is 0.357. The largest absolute Gasteiger partial charge is 0.465 e. The lowest BCUT2D eigenvalue weighted by Gasteiger charge is -2.05. The maximum absolute atomic E-state index is 11.4. The number of carbonyl (C=O) groups is 1. The average Bonchev–Trinajstić information content (AvgIpc) is 3.01. The van der Waals surface area contributed by atoms with Gasteiger partial charge in [-0.25, -0.2) is 9.78 Å². The molecule has 23 heavy (non-hydrogen) atoms. The van der Waals surface area contributed by atoms with E-state index in [0.29, 0.717) is 5.76 Å². The molecule has 2 aromatic rings. The molecule has 0 unspecified atom stereocenters. The number of anilines is 1. The summed E-state index contributed by atoms with van der Waals surface area (Å²) in [5.74, 6) is 0.0928. The van der Waals surface area contributed by atoms with Crippen molar-refractivity contribution < 1.29 is 19.0 Å².